The SMILES string of the molecule is N=C1C=CC(=C2CCC3(CC2)OCCO3)C=C1. The first-order valence-electron chi connectivity index (χ1n) is 6.22. The van der Waals surface area contributed by atoms with E-state index >= 15 is 0 Å². The fraction of sp³-hybridized carbons (Fsp3) is 0.500. The van der Waals surface area contributed by atoms with Crippen molar-refractivity contribution in [1.82, 2.24) is 0 Å². The van der Waals surface area contributed by atoms with Crippen LogP contribution in [-0.4, -0.2) is 24.7 Å². The van der Waals surface area contributed by atoms with Gasteiger partial charge in [0.25, 0.3) is 0 Å². The zero-order valence-electron chi connectivity index (χ0n) is 9.87. The monoisotopic (exact) mass is 231 g/mol. The van der Waals surface area contributed by atoms with Crippen LogP contribution in [-0.2, 0) is 9.47 Å². The van der Waals surface area contributed by atoms with Crippen molar-refractivity contribution in [2.75, 3.05) is 13.2 Å². The Morgan fingerprint density at radius 1 is 0.941 bits per heavy atom. The molecule has 2 aliphatic carbocycles. The Kier molecular flexibility index (Phi) is 2.73. The molecule has 90 valence electrons. The third kappa shape index (κ3) is 2.13. The van der Waals surface area contributed by atoms with Gasteiger partial charge in [0, 0.05) is 12.8 Å². The van der Waals surface area contributed by atoms with Crippen LogP contribution in [0.4, 0.5) is 0 Å². The van der Waals surface area contributed by atoms with E-state index in [4.69, 9.17) is 14.9 Å². The number of hydrogen-bond donors (Lipinski definition) is 1. The minimum Gasteiger partial charge on any atom is -0.348 e. The van der Waals surface area contributed by atoms with Crippen molar-refractivity contribution in [2.45, 2.75) is 31.5 Å². The van der Waals surface area contributed by atoms with Gasteiger partial charge in [0.1, 0.15) is 0 Å². The summed E-state index contributed by atoms with van der Waals surface area (Å²) < 4.78 is 11.4. The third-order valence-electron chi connectivity index (χ3n) is 3.72. The lowest BCUT2D eigenvalue weighted by Crippen LogP contribution is -2.33. The van der Waals surface area contributed by atoms with E-state index in [2.05, 4.69) is 0 Å². The minimum absolute atomic E-state index is 0.279. The van der Waals surface area contributed by atoms with Gasteiger partial charge < -0.3 is 14.9 Å². The van der Waals surface area contributed by atoms with E-state index in [1.807, 2.05) is 24.3 Å². The summed E-state index contributed by atoms with van der Waals surface area (Å²) in [7, 11) is 0. The molecule has 1 aliphatic heterocycles. The molecule has 0 aromatic carbocycles. The summed E-state index contributed by atoms with van der Waals surface area (Å²) in [6, 6.07) is 0. The molecular formula is C14H17NO2. The van der Waals surface area contributed by atoms with Gasteiger partial charge in [-0.2, -0.15) is 0 Å². The van der Waals surface area contributed by atoms with E-state index in [-0.39, 0.29) is 5.79 Å². The predicted octanol–water partition coefficient (Wildman–Crippen LogP) is 2.75. The van der Waals surface area contributed by atoms with Crippen molar-refractivity contribution >= 4 is 5.71 Å². The summed E-state index contributed by atoms with van der Waals surface area (Å²) in [6.45, 7) is 1.48. The summed E-state index contributed by atoms with van der Waals surface area (Å²) in [5, 5.41) is 7.49. The van der Waals surface area contributed by atoms with E-state index in [0.717, 1.165) is 38.9 Å². The van der Waals surface area contributed by atoms with Crippen molar-refractivity contribution in [3.63, 3.8) is 0 Å². The topological polar surface area (TPSA) is 42.3 Å². The Labute approximate surface area is 101 Å². The minimum atomic E-state index is -0.279. The molecule has 17 heavy (non-hydrogen) atoms. The Balaban J connectivity index is 1.72. The van der Waals surface area contributed by atoms with Crippen LogP contribution < -0.4 is 0 Å². The van der Waals surface area contributed by atoms with Crippen molar-refractivity contribution in [2.24, 2.45) is 0 Å². The van der Waals surface area contributed by atoms with E-state index in [9.17, 15) is 0 Å². The molecule has 1 saturated carbocycles. The molecule has 0 amide bonds. The maximum Gasteiger partial charge on any atom is 0.169 e. The van der Waals surface area contributed by atoms with Crippen LogP contribution in [0.25, 0.3) is 0 Å². The van der Waals surface area contributed by atoms with E-state index in [1.165, 1.54) is 11.1 Å². The maximum atomic E-state index is 7.49. The van der Waals surface area contributed by atoms with Gasteiger partial charge in [0.05, 0.1) is 18.9 Å². The molecule has 1 heterocycles. The van der Waals surface area contributed by atoms with Gasteiger partial charge in [-0.25, -0.2) is 0 Å². The number of hydrogen-bond acceptors (Lipinski definition) is 3. The highest BCUT2D eigenvalue weighted by molar-refractivity contribution is 6.03. The van der Waals surface area contributed by atoms with E-state index in [1.54, 1.807) is 0 Å². The van der Waals surface area contributed by atoms with Crippen molar-refractivity contribution < 1.29 is 9.47 Å². The summed E-state index contributed by atoms with van der Waals surface area (Å²) in [5.41, 5.74) is 3.31. The second-order valence-corrected chi connectivity index (χ2v) is 4.79. The van der Waals surface area contributed by atoms with Crippen LogP contribution in [0.1, 0.15) is 25.7 Å². The lowest BCUT2D eigenvalue weighted by atomic mass is 9.86. The summed E-state index contributed by atoms with van der Waals surface area (Å²) >= 11 is 0. The molecule has 3 aliphatic rings. The Bertz CT molecular complexity index is 396. The van der Waals surface area contributed by atoms with Gasteiger partial charge in [0.2, 0.25) is 0 Å². The molecule has 1 N–H and O–H groups in total. The molecule has 0 atom stereocenters. The van der Waals surface area contributed by atoms with Crippen molar-refractivity contribution in [3.05, 3.63) is 35.5 Å². The molecule has 3 heteroatoms. The first-order chi connectivity index (χ1) is 8.27. The van der Waals surface area contributed by atoms with Gasteiger partial charge in [-0.3, -0.25) is 0 Å². The molecular weight excluding hydrogens is 214 g/mol. The average Bonchev–Trinajstić information content (AvgIpc) is 2.80. The van der Waals surface area contributed by atoms with Gasteiger partial charge >= 0.3 is 0 Å². The lowest BCUT2D eigenvalue weighted by Gasteiger charge is -2.33. The van der Waals surface area contributed by atoms with Crippen LogP contribution in [0.2, 0.25) is 0 Å². The average molecular weight is 231 g/mol. The Morgan fingerprint density at radius 3 is 2.12 bits per heavy atom. The van der Waals surface area contributed by atoms with Crippen LogP contribution in [0.3, 0.4) is 0 Å². The number of allylic oxidation sites excluding steroid dienone is 6. The van der Waals surface area contributed by atoms with Crippen LogP contribution in [0, 0.1) is 5.41 Å². The highest BCUT2D eigenvalue weighted by atomic mass is 16.7. The third-order valence-corrected chi connectivity index (χ3v) is 3.72. The van der Waals surface area contributed by atoms with Gasteiger partial charge in [-0.15, -0.1) is 0 Å². The normalized spacial score (nSPS) is 27.2. The highest BCUT2D eigenvalue weighted by Crippen LogP contribution is 2.39. The van der Waals surface area contributed by atoms with E-state index in [0.29, 0.717) is 5.71 Å². The molecule has 3 nitrogen and oxygen atoms in total. The molecule has 0 aromatic rings. The Morgan fingerprint density at radius 2 is 1.53 bits per heavy atom. The number of nitrogens with one attached hydrogen (secondary N) is 1. The first kappa shape index (κ1) is 10.9. The molecule has 1 saturated heterocycles. The molecule has 0 bridgehead atoms. The molecule has 0 aromatic heterocycles. The summed E-state index contributed by atoms with van der Waals surface area (Å²) in [4.78, 5) is 0. The molecule has 1 spiro atoms. The number of rotatable bonds is 0. The summed E-state index contributed by atoms with van der Waals surface area (Å²) in [6.07, 6.45) is 11.8. The number of ether oxygens (including phenoxy) is 2. The zero-order valence-corrected chi connectivity index (χ0v) is 9.87. The van der Waals surface area contributed by atoms with Gasteiger partial charge in [-0.1, -0.05) is 17.7 Å². The largest absolute Gasteiger partial charge is 0.348 e. The molecule has 0 radical (unpaired) electrons. The fourth-order valence-electron chi connectivity index (χ4n) is 2.71. The smallest absolute Gasteiger partial charge is 0.169 e. The summed E-state index contributed by atoms with van der Waals surface area (Å²) in [5.74, 6) is -0.279. The second kappa shape index (κ2) is 4.24. The predicted molar refractivity (Wildman–Crippen MR) is 66.1 cm³/mol. The lowest BCUT2D eigenvalue weighted by molar-refractivity contribution is -0.171. The van der Waals surface area contributed by atoms with Crippen molar-refractivity contribution in [3.8, 4) is 0 Å². The standard InChI is InChI=1S/C14H17NO2/c15-13-3-1-11(2-4-13)12-5-7-14(8-6-12)16-9-10-17-14/h1-4,15H,5-10H2. The molecule has 3 rings (SSSR count). The Hall–Kier alpha value is -1.19. The van der Waals surface area contributed by atoms with Crippen LogP contribution in [0.15, 0.2) is 35.5 Å². The quantitative estimate of drug-likeness (QED) is 0.696. The van der Waals surface area contributed by atoms with Crippen molar-refractivity contribution in [1.29, 1.82) is 5.41 Å². The van der Waals surface area contributed by atoms with Gasteiger partial charge in [-0.05, 0) is 30.6 Å². The second-order valence-electron chi connectivity index (χ2n) is 4.79. The fourth-order valence-corrected chi connectivity index (χ4v) is 2.71. The highest BCUT2D eigenvalue weighted by Gasteiger charge is 2.39. The van der Waals surface area contributed by atoms with Crippen LogP contribution >= 0.6 is 0 Å². The molecule has 2 fully saturated rings. The zero-order chi connectivity index (χ0) is 11.7. The molecule has 0 unspecified atom stereocenters. The first-order valence-corrected chi connectivity index (χ1v) is 6.22. The van der Waals surface area contributed by atoms with Crippen LogP contribution in [0.5, 0.6) is 0 Å². The van der Waals surface area contributed by atoms with Gasteiger partial charge in [0.15, 0.2) is 5.79 Å². The van der Waals surface area contributed by atoms with E-state index < -0.39 is 0 Å². The maximum absolute atomic E-state index is 7.49.